The first-order chi connectivity index (χ1) is 11.1. The second-order valence-electron chi connectivity index (χ2n) is 6.85. The van der Waals surface area contributed by atoms with Crippen LogP contribution in [0.3, 0.4) is 0 Å². The number of nitrogens with zero attached hydrogens (tertiary/aromatic N) is 3. The van der Waals surface area contributed by atoms with E-state index in [4.69, 9.17) is 16.3 Å². The van der Waals surface area contributed by atoms with Crippen LogP contribution in [0.4, 0.5) is 19.4 Å². The van der Waals surface area contributed by atoms with Gasteiger partial charge >= 0.3 is 6.09 Å². The summed E-state index contributed by atoms with van der Waals surface area (Å²) >= 11 is 5.85. The molecule has 1 saturated heterocycles. The lowest BCUT2D eigenvalue weighted by atomic mass is 10.1. The van der Waals surface area contributed by atoms with Crippen molar-refractivity contribution in [2.75, 3.05) is 24.5 Å². The van der Waals surface area contributed by atoms with Crippen molar-refractivity contribution in [2.24, 2.45) is 0 Å². The fourth-order valence-corrected chi connectivity index (χ4v) is 2.76. The molecule has 0 spiro atoms. The maximum atomic E-state index is 12.9. The molecule has 0 aromatic carbocycles. The van der Waals surface area contributed by atoms with Gasteiger partial charge in [-0.05, 0) is 39.8 Å². The predicted molar refractivity (Wildman–Crippen MR) is 88.8 cm³/mol. The lowest BCUT2D eigenvalue weighted by Gasteiger charge is -2.40. The van der Waals surface area contributed by atoms with E-state index in [1.54, 1.807) is 4.90 Å². The molecule has 24 heavy (non-hydrogen) atoms. The van der Waals surface area contributed by atoms with Crippen LogP contribution < -0.4 is 4.90 Å². The van der Waals surface area contributed by atoms with Crippen LogP contribution in [-0.4, -0.2) is 47.3 Å². The van der Waals surface area contributed by atoms with Gasteiger partial charge in [-0.2, -0.15) is 0 Å². The molecule has 134 valence electrons. The Morgan fingerprint density at radius 2 is 2.04 bits per heavy atom. The number of ether oxygens (including phenoxy) is 1. The summed E-state index contributed by atoms with van der Waals surface area (Å²) in [5, 5.41) is 0.0324. The zero-order valence-electron chi connectivity index (χ0n) is 14.2. The number of hydrogen-bond donors (Lipinski definition) is 0. The standard InChI is InChI=1S/C16H22ClF2N3O2/c1-10-9-21(5-6-22(10)15(23)24-16(2,3)4)13-8-11(14(18)19)7-12(17)20-13/h7-8,10,14H,5-6,9H2,1-4H3. The molecule has 1 aromatic heterocycles. The lowest BCUT2D eigenvalue weighted by molar-refractivity contribution is 0.0158. The summed E-state index contributed by atoms with van der Waals surface area (Å²) < 4.78 is 31.2. The van der Waals surface area contributed by atoms with Gasteiger partial charge in [0.1, 0.15) is 16.6 Å². The van der Waals surface area contributed by atoms with E-state index in [1.165, 1.54) is 6.07 Å². The third-order valence-corrected chi connectivity index (χ3v) is 3.83. The van der Waals surface area contributed by atoms with Crippen molar-refractivity contribution in [1.82, 2.24) is 9.88 Å². The fraction of sp³-hybridized carbons (Fsp3) is 0.625. The summed E-state index contributed by atoms with van der Waals surface area (Å²) in [4.78, 5) is 19.8. The molecule has 0 bridgehead atoms. The minimum absolute atomic E-state index is 0.0324. The van der Waals surface area contributed by atoms with Crippen LogP contribution in [0.1, 0.15) is 39.7 Å². The molecule has 1 aliphatic heterocycles. The van der Waals surface area contributed by atoms with Crippen LogP contribution in [0.5, 0.6) is 0 Å². The Bertz CT molecular complexity index is 607. The van der Waals surface area contributed by atoms with Crippen molar-refractivity contribution in [3.8, 4) is 0 Å². The van der Waals surface area contributed by atoms with Gasteiger partial charge in [0.05, 0.1) is 0 Å². The van der Waals surface area contributed by atoms with Gasteiger partial charge in [0.15, 0.2) is 0 Å². The smallest absolute Gasteiger partial charge is 0.410 e. The molecule has 0 radical (unpaired) electrons. The molecule has 2 rings (SSSR count). The van der Waals surface area contributed by atoms with E-state index >= 15 is 0 Å². The molecular formula is C16H22ClF2N3O2. The number of halogens is 3. The SMILES string of the molecule is CC1CN(c2cc(C(F)F)cc(Cl)n2)CCN1C(=O)OC(C)(C)C. The molecule has 1 amide bonds. The Labute approximate surface area is 145 Å². The van der Waals surface area contributed by atoms with Crippen molar-refractivity contribution in [2.45, 2.75) is 45.8 Å². The summed E-state index contributed by atoms with van der Waals surface area (Å²) in [7, 11) is 0. The highest BCUT2D eigenvalue weighted by Crippen LogP contribution is 2.27. The van der Waals surface area contributed by atoms with Gasteiger partial charge in [0.25, 0.3) is 6.43 Å². The number of pyridine rings is 1. The first-order valence-electron chi connectivity index (χ1n) is 7.77. The number of carbonyl (C=O) groups is 1. The average Bonchev–Trinajstić information content (AvgIpc) is 2.44. The second-order valence-corrected chi connectivity index (χ2v) is 7.24. The number of amides is 1. The van der Waals surface area contributed by atoms with Crippen LogP contribution >= 0.6 is 11.6 Å². The summed E-state index contributed by atoms with van der Waals surface area (Å²) in [6.45, 7) is 8.69. The van der Waals surface area contributed by atoms with Crippen molar-refractivity contribution in [3.05, 3.63) is 22.8 Å². The highest BCUT2D eigenvalue weighted by atomic mass is 35.5. The fourth-order valence-electron chi connectivity index (χ4n) is 2.55. The van der Waals surface area contributed by atoms with E-state index in [0.29, 0.717) is 25.5 Å². The number of piperazine rings is 1. The van der Waals surface area contributed by atoms with Crippen LogP contribution in [-0.2, 0) is 4.74 Å². The van der Waals surface area contributed by atoms with Gasteiger partial charge < -0.3 is 14.5 Å². The molecule has 1 unspecified atom stereocenters. The van der Waals surface area contributed by atoms with Crippen LogP contribution in [0.25, 0.3) is 0 Å². The summed E-state index contributed by atoms with van der Waals surface area (Å²) in [6.07, 6.45) is -2.98. The van der Waals surface area contributed by atoms with Crippen LogP contribution in [0.2, 0.25) is 5.15 Å². The molecular weight excluding hydrogens is 340 g/mol. The summed E-state index contributed by atoms with van der Waals surface area (Å²) in [6, 6.07) is 2.37. The topological polar surface area (TPSA) is 45.7 Å². The van der Waals surface area contributed by atoms with Gasteiger partial charge in [0.2, 0.25) is 0 Å². The van der Waals surface area contributed by atoms with Gasteiger partial charge in [-0.25, -0.2) is 18.6 Å². The maximum absolute atomic E-state index is 12.9. The molecule has 0 aliphatic carbocycles. The third-order valence-electron chi connectivity index (χ3n) is 3.63. The van der Waals surface area contributed by atoms with E-state index in [1.807, 2.05) is 32.6 Å². The van der Waals surface area contributed by atoms with E-state index in [2.05, 4.69) is 4.98 Å². The molecule has 1 aliphatic rings. The molecule has 1 fully saturated rings. The van der Waals surface area contributed by atoms with E-state index in [9.17, 15) is 13.6 Å². The zero-order chi connectivity index (χ0) is 18.1. The van der Waals surface area contributed by atoms with Gasteiger partial charge in [0, 0.05) is 31.2 Å². The molecule has 2 heterocycles. The third kappa shape index (κ3) is 4.69. The van der Waals surface area contributed by atoms with E-state index in [0.717, 1.165) is 6.07 Å². The average molecular weight is 362 g/mol. The summed E-state index contributed by atoms with van der Waals surface area (Å²) in [5.74, 6) is 0.397. The molecule has 0 saturated carbocycles. The number of rotatable bonds is 2. The van der Waals surface area contributed by atoms with Gasteiger partial charge in [-0.1, -0.05) is 11.6 Å². The number of anilines is 1. The van der Waals surface area contributed by atoms with Crippen molar-refractivity contribution >= 4 is 23.5 Å². The molecule has 8 heteroatoms. The van der Waals surface area contributed by atoms with Crippen molar-refractivity contribution in [1.29, 1.82) is 0 Å². The largest absolute Gasteiger partial charge is 0.444 e. The van der Waals surface area contributed by atoms with Crippen LogP contribution in [0.15, 0.2) is 12.1 Å². The predicted octanol–water partition coefficient (Wildman–Crippen LogP) is 4.12. The highest BCUT2D eigenvalue weighted by molar-refractivity contribution is 6.29. The molecule has 0 N–H and O–H groups in total. The molecule has 1 atom stereocenters. The van der Waals surface area contributed by atoms with Crippen molar-refractivity contribution in [3.63, 3.8) is 0 Å². The van der Waals surface area contributed by atoms with Gasteiger partial charge in [-0.3, -0.25) is 0 Å². The van der Waals surface area contributed by atoms with Gasteiger partial charge in [-0.15, -0.1) is 0 Å². The Morgan fingerprint density at radius 1 is 1.38 bits per heavy atom. The number of carbonyl (C=O) groups excluding carboxylic acids is 1. The first kappa shape index (κ1) is 18.7. The van der Waals surface area contributed by atoms with Crippen LogP contribution in [0, 0.1) is 0 Å². The quantitative estimate of drug-likeness (QED) is 0.743. The minimum Gasteiger partial charge on any atom is -0.444 e. The monoisotopic (exact) mass is 361 g/mol. The minimum atomic E-state index is -2.61. The zero-order valence-corrected chi connectivity index (χ0v) is 15.0. The summed E-state index contributed by atoms with van der Waals surface area (Å²) in [5.41, 5.74) is -0.721. The van der Waals surface area contributed by atoms with E-state index in [-0.39, 0.29) is 22.9 Å². The van der Waals surface area contributed by atoms with E-state index < -0.39 is 12.0 Å². The number of alkyl halides is 2. The second kappa shape index (κ2) is 7.09. The Balaban J connectivity index is 2.09. The number of hydrogen-bond acceptors (Lipinski definition) is 4. The lowest BCUT2D eigenvalue weighted by Crippen LogP contribution is -2.55. The first-order valence-corrected chi connectivity index (χ1v) is 8.15. The molecule has 5 nitrogen and oxygen atoms in total. The Kier molecular flexibility index (Phi) is 5.52. The Morgan fingerprint density at radius 3 is 2.58 bits per heavy atom. The normalized spacial score (nSPS) is 18.9. The Hall–Kier alpha value is -1.63. The van der Waals surface area contributed by atoms with Crippen molar-refractivity contribution < 1.29 is 18.3 Å². The maximum Gasteiger partial charge on any atom is 0.410 e. The number of aromatic nitrogens is 1. The highest BCUT2D eigenvalue weighted by Gasteiger charge is 2.31. The molecule has 1 aromatic rings.